The zero-order chi connectivity index (χ0) is 20.2. The summed E-state index contributed by atoms with van der Waals surface area (Å²) in [4.78, 5) is 13.0. The lowest BCUT2D eigenvalue weighted by molar-refractivity contribution is -0.126. The lowest BCUT2D eigenvalue weighted by Gasteiger charge is -2.57. The first kappa shape index (κ1) is 19.4. The second kappa shape index (κ2) is 7.30. The Morgan fingerprint density at radius 1 is 1.21 bits per heavy atom. The molecule has 4 aliphatic carbocycles. The van der Waals surface area contributed by atoms with Gasteiger partial charge in [0.25, 0.3) is 0 Å². The largest absolute Gasteiger partial charge is 0.350 e. The standard InChI is InChI=1S/C21H26BrN5OS/c1-12(19(28)24-21-9-13-6-14(10-21)8-15(7-13)11-21)29-20-26-25-18(27(20)23)16-4-2-3-5-17(16)22/h2-5,12-15H,6-11,23H2,1H3,(H,24,28). The van der Waals surface area contributed by atoms with Gasteiger partial charge in [-0.3, -0.25) is 4.79 Å². The van der Waals surface area contributed by atoms with Crippen LogP contribution in [0, 0.1) is 17.8 Å². The Kier molecular flexibility index (Phi) is 4.89. The number of carbonyl (C=O) groups excluding carboxylic acids is 1. The number of amides is 1. The SMILES string of the molecule is CC(Sc1nnc(-c2ccccc2Br)n1N)C(=O)NC12CC3CC(CC(C3)C1)C2. The molecule has 2 aromatic rings. The van der Waals surface area contributed by atoms with Crippen molar-refractivity contribution in [1.82, 2.24) is 20.2 Å². The van der Waals surface area contributed by atoms with Crippen molar-refractivity contribution >= 4 is 33.6 Å². The monoisotopic (exact) mass is 475 g/mol. The fourth-order valence-electron chi connectivity index (χ4n) is 6.02. The lowest BCUT2D eigenvalue weighted by atomic mass is 9.53. The molecule has 4 saturated carbocycles. The zero-order valence-electron chi connectivity index (χ0n) is 16.5. The number of rotatable bonds is 5. The fraction of sp³-hybridized carbons (Fsp3) is 0.571. The van der Waals surface area contributed by atoms with Crippen LogP contribution in [0.1, 0.15) is 45.4 Å². The van der Waals surface area contributed by atoms with Crippen molar-refractivity contribution in [3.8, 4) is 11.4 Å². The maximum absolute atomic E-state index is 13.0. The van der Waals surface area contributed by atoms with Gasteiger partial charge in [0.2, 0.25) is 11.1 Å². The third kappa shape index (κ3) is 3.58. The van der Waals surface area contributed by atoms with Gasteiger partial charge in [-0.1, -0.05) is 39.8 Å². The first-order chi connectivity index (χ1) is 13.9. The van der Waals surface area contributed by atoms with Gasteiger partial charge in [0.1, 0.15) is 0 Å². The van der Waals surface area contributed by atoms with Crippen molar-refractivity contribution in [2.45, 2.75) is 61.4 Å². The first-order valence-corrected chi connectivity index (χ1v) is 12.0. The molecule has 3 N–H and O–H groups in total. The van der Waals surface area contributed by atoms with Crippen LogP contribution in [0.4, 0.5) is 0 Å². The van der Waals surface area contributed by atoms with Gasteiger partial charge in [0.15, 0.2) is 5.82 Å². The van der Waals surface area contributed by atoms with Crippen molar-refractivity contribution in [1.29, 1.82) is 0 Å². The summed E-state index contributed by atoms with van der Waals surface area (Å²) in [6, 6.07) is 7.76. The van der Waals surface area contributed by atoms with Crippen molar-refractivity contribution in [3.63, 3.8) is 0 Å². The van der Waals surface area contributed by atoms with E-state index in [-0.39, 0.29) is 16.7 Å². The van der Waals surface area contributed by atoms with Gasteiger partial charge in [-0.25, -0.2) is 4.68 Å². The van der Waals surface area contributed by atoms with Crippen LogP contribution in [0.2, 0.25) is 0 Å². The van der Waals surface area contributed by atoms with Gasteiger partial charge in [0, 0.05) is 15.6 Å². The van der Waals surface area contributed by atoms with Gasteiger partial charge in [-0.15, -0.1) is 10.2 Å². The molecular formula is C21H26BrN5OS. The zero-order valence-corrected chi connectivity index (χ0v) is 18.9. The van der Waals surface area contributed by atoms with E-state index in [1.165, 1.54) is 35.7 Å². The Balaban J connectivity index is 1.28. The van der Waals surface area contributed by atoms with E-state index in [0.717, 1.165) is 47.1 Å². The van der Waals surface area contributed by atoms with Crippen molar-refractivity contribution in [3.05, 3.63) is 28.7 Å². The van der Waals surface area contributed by atoms with Crippen LogP contribution in [0.3, 0.4) is 0 Å². The Hall–Kier alpha value is -1.54. The summed E-state index contributed by atoms with van der Waals surface area (Å²) in [5.74, 6) is 9.35. The molecule has 1 atom stereocenters. The molecule has 0 aliphatic heterocycles. The van der Waals surface area contributed by atoms with E-state index in [0.29, 0.717) is 11.0 Å². The second-order valence-corrected chi connectivity index (χ2v) is 11.3. The summed E-state index contributed by atoms with van der Waals surface area (Å²) >= 11 is 4.90. The minimum atomic E-state index is -0.276. The number of aromatic nitrogens is 3. The topological polar surface area (TPSA) is 85.8 Å². The van der Waals surface area contributed by atoms with E-state index >= 15 is 0 Å². The van der Waals surface area contributed by atoms with Gasteiger partial charge in [-0.05, 0) is 75.3 Å². The lowest BCUT2D eigenvalue weighted by Crippen LogP contribution is -2.60. The Labute approximate surface area is 183 Å². The molecule has 4 aliphatic rings. The number of hydrogen-bond donors (Lipinski definition) is 2. The predicted octanol–water partition coefficient (Wildman–Crippen LogP) is 3.99. The quantitative estimate of drug-likeness (QED) is 0.504. The molecule has 1 unspecified atom stereocenters. The third-order valence-electron chi connectivity index (χ3n) is 6.86. The Morgan fingerprint density at radius 2 is 1.83 bits per heavy atom. The number of nitrogens with zero attached hydrogens (tertiary/aromatic N) is 3. The maximum atomic E-state index is 13.0. The van der Waals surface area contributed by atoms with E-state index < -0.39 is 0 Å². The molecule has 154 valence electrons. The highest BCUT2D eigenvalue weighted by molar-refractivity contribution is 9.10. The number of hydrogen-bond acceptors (Lipinski definition) is 5. The van der Waals surface area contributed by atoms with E-state index in [2.05, 4.69) is 31.4 Å². The summed E-state index contributed by atoms with van der Waals surface area (Å²) in [5, 5.41) is 12.2. The van der Waals surface area contributed by atoms with Crippen LogP contribution in [0.5, 0.6) is 0 Å². The number of nitrogens with two attached hydrogens (primary N) is 1. The van der Waals surface area contributed by atoms with Crippen molar-refractivity contribution < 1.29 is 4.79 Å². The average Bonchev–Trinajstić information content (AvgIpc) is 3.01. The Morgan fingerprint density at radius 3 is 2.45 bits per heavy atom. The highest BCUT2D eigenvalue weighted by Crippen LogP contribution is 2.55. The molecule has 29 heavy (non-hydrogen) atoms. The maximum Gasteiger partial charge on any atom is 0.233 e. The molecule has 1 aromatic heterocycles. The smallest absolute Gasteiger partial charge is 0.233 e. The molecule has 0 spiro atoms. The van der Waals surface area contributed by atoms with Gasteiger partial charge >= 0.3 is 0 Å². The van der Waals surface area contributed by atoms with Gasteiger partial charge in [-0.2, -0.15) is 0 Å². The van der Waals surface area contributed by atoms with Crippen LogP contribution >= 0.6 is 27.7 Å². The molecule has 4 fully saturated rings. The number of nitrogen functional groups attached to an aromatic ring is 1. The number of thioether (sulfide) groups is 1. The summed E-state index contributed by atoms with van der Waals surface area (Å²) < 4.78 is 2.38. The van der Waals surface area contributed by atoms with Gasteiger partial charge < -0.3 is 11.2 Å². The van der Waals surface area contributed by atoms with Gasteiger partial charge in [0.05, 0.1) is 5.25 Å². The molecule has 0 saturated heterocycles. The van der Waals surface area contributed by atoms with E-state index in [1.54, 1.807) is 0 Å². The van der Waals surface area contributed by atoms with Crippen LogP contribution in [-0.4, -0.2) is 31.6 Å². The summed E-state index contributed by atoms with van der Waals surface area (Å²) in [6.45, 7) is 1.92. The Bertz CT molecular complexity index is 910. The number of nitrogens with one attached hydrogen (secondary N) is 1. The van der Waals surface area contributed by atoms with Crippen LogP contribution in [0.15, 0.2) is 33.9 Å². The molecule has 1 heterocycles. The number of halogens is 1. The van der Waals surface area contributed by atoms with E-state index in [4.69, 9.17) is 5.84 Å². The molecule has 1 amide bonds. The molecule has 8 heteroatoms. The van der Waals surface area contributed by atoms with Crippen molar-refractivity contribution in [2.24, 2.45) is 17.8 Å². The van der Waals surface area contributed by atoms with E-state index in [9.17, 15) is 4.79 Å². The molecular weight excluding hydrogens is 450 g/mol. The summed E-state index contributed by atoms with van der Waals surface area (Å²) in [7, 11) is 0. The highest BCUT2D eigenvalue weighted by Gasteiger charge is 2.51. The molecule has 0 radical (unpaired) electrons. The molecule has 4 bridgehead atoms. The second-order valence-electron chi connectivity index (χ2n) is 9.10. The summed E-state index contributed by atoms with van der Waals surface area (Å²) in [6.07, 6.45) is 7.57. The van der Waals surface area contributed by atoms with Crippen molar-refractivity contribution in [2.75, 3.05) is 5.84 Å². The molecule has 1 aromatic carbocycles. The minimum absolute atomic E-state index is 0.0249. The van der Waals surface area contributed by atoms with E-state index in [1.807, 2.05) is 31.2 Å². The fourth-order valence-corrected chi connectivity index (χ4v) is 7.25. The molecule has 6 nitrogen and oxygen atoms in total. The third-order valence-corrected chi connectivity index (χ3v) is 8.61. The average molecular weight is 476 g/mol. The number of carbonyl (C=O) groups is 1. The number of benzene rings is 1. The molecule has 6 rings (SSSR count). The van der Waals surface area contributed by atoms with Crippen LogP contribution in [-0.2, 0) is 4.79 Å². The minimum Gasteiger partial charge on any atom is -0.350 e. The summed E-state index contributed by atoms with van der Waals surface area (Å²) in [5.41, 5.74) is 0.900. The highest BCUT2D eigenvalue weighted by atomic mass is 79.9. The first-order valence-electron chi connectivity index (χ1n) is 10.4. The predicted molar refractivity (Wildman–Crippen MR) is 118 cm³/mol. The van der Waals surface area contributed by atoms with Crippen LogP contribution in [0.25, 0.3) is 11.4 Å². The van der Waals surface area contributed by atoms with Crippen LogP contribution < -0.4 is 11.2 Å². The normalized spacial score (nSPS) is 31.0.